The first-order valence-electron chi connectivity index (χ1n) is 9.44. The summed E-state index contributed by atoms with van der Waals surface area (Å²) in [7, 11) is 2.61. The predicted octanol–water partition coefficient (Wildman–Crippen LogP) is 6.60. The number of thioether (sulfide) groups is 6. The minimum atomic E-state index is -0.533. The van der Waals surface area contributed by atoms with E-state index >= 15 is 0 Å². The van der Waals surface area contributed by atoms with E-state index in [1.54, 1.807) is 11.3 Å². The molecule has 0 unspecified atom stereocenters. The summed E-state index contributed by atoms with van der Waals surface area (Å²) in [6.45, 7) is 4.40. The molecule has 0 saturated heterocycles. The van der Waals surface area contributed by atoms with Crippen LogP contribution in [-0.4, -0.2) is 37.7 Å². The molecule has 2 aliphatic heterocycles. The van der Waals surface area contributed by atoms with Crippen LogP contribution >= 0.6 is 105 Å². The van der Waals surface area contributed by atoms with Crippen LogP contribution in [0.5, 0.6) is 0 Å². The molecule has 4 nitrogen and oxygen atoms in total. The van der Waals surface area contributed by atoms with Gasteiger partial charge in [-0.05, 0) is 24.3 Å². The first-order valence-corrected chi connectivity index (χ1v) is 16.7. The zero-order valence-electron chi connectivity index (χ0n) is 17.6. The van der Waals surface area contributed by atoms with E-state index in [2.05, 4.69) is 13.8 Å². The van der Waals surface area contributed by atoms with Crippen LogP contribution in [0.3, 0.4) is 0 Å². The summed E-state index contributed by atoms with van der Waals surface area (Å²) in [5.41, 5.74) is 0. The van der Waals surface area contributed by atoms with E-state index in [0.717, 1.165) is 40.8 Å². The first kappa shape index (κ1) is 27.1. The van der Waals surface area contributed by atoms with Crippen molar-refractivity contribution in [3.05, 3.63) is 30.5 Å². The monoisotopic (exact) mass is 600 g/mol. The summed E-state index contributed by atoms with van der Waals surface area (Å²) in [6, 6.07) is 0. The standard InChI is InChI=1S/C19H20O4S9/c1-5-7-25-16-17(26-8-6-2)32-15(31-16)11-14(24)30-19(29-11)18-27-9(12(20)22-3)10(28-18)13(21)23-4/h5-8H2,1-4H3. The number of carbonyl (C=O) groups is 2. The summed E-state index contributed by atoms with van der Waals surface area (Å²) in [5, 5.41) is 0. The Kier molecular flexibility index (Phi) is 11.0. The smallest absolute Gasteiger partial charge is 0.346 e. The SMILES string of the molecule is CCCSC1=C(SCCC)SC(=c2sc(=C3SC(C(=O)OC)=C(C(=O)OC)S3)sc2=S)S1. The fraction of sp³-hybridized carbons (Fsp3) is 0.421. The van der Waals surface area contributed by atoms with Gasteiger partial charge in [0.1, 0.15) is 17.5 Å². The second-order valence-corrected chi connectivity index (χ2v) is 16.3. The Morgan fingerprint density at radius 1 is 0.812 bits per heavy atom. The number of rotatable bonds is 8. The zero-order chi connectivity index (χ0) is 23.3. The molecule has 0 amide bonds. The Morgan fingerprint density at radius 2 is 1.31 bits per heavy atom. The molecule has 32 heavy (non-hydrogen) atoms. The van der Waals surface area contributed by atoms with Crippen LogP contribution in [0.25, 0.3) is 8.47 Å². The molecule has 0 spiro atoms. The van der Waals surface area contributed by atoms with Crippen molar-refractivity contribution < 1.29 is 19.1 Å². The molecule has 2 aliphatic rings. The van der Waals surface area contributed by atoms with Crippen molar-refractivity contribution >= 4 is 126 Å². The van der Waals surface area contributed by atoms with E-state index in [4.69, 9.17) is 21.7 Å². The minimum Gasteiger partial charge on any atom is -0.465 e. The molecule has 0 aromatic carbocycles. The van der Waals surface area contributed by atoms with Crippen LogP contribution in [0.15, 0.2) is 18.3 Å². The van der Waals surface area contributed by atoms with E-state index in [-0.39, 0.29) is 9.81 Å². The van der Waals surface area contributed by atoms with E-state index in [1.807, 2.05) is 47.0 Å². The Labute approximate surface area is 225 Å². The van der Waals surface area contributed by atoms with Crippen LogP contribution in [0.1, 0.15) is 26.7 Å². The molecule has 0 radical (unpaired) electrons. The maximum atomic E-state index is 12.2. The lowest BCUT2D eigenvalue weighted by atomic mass is 10.5. The van der Waals surface area contributed by atoms with Crippen LogP contribution in [-0.2, 0) is 19.1 Å². The second-order valence-electron chi connectivity index (χ2n) is 6.00. The number of esters is 2. The molecule has 1 aromatic rings. The summed E-state index contributed by atoms with van der Waals surface area (Å²) in [5.74, 6) is 1.15. The Bertz CT molecular complexity index is 1090. The van der Waals surface area contributed by atoms with Gasteiger partial charge in [-0.2, -0.15) is 0 Å². The molecule has 1 aromatic heterocycles. The van der Waals surface area contributed by atoms with Crippen molar-refractivity contribution in [3.8, 4) is 0 Å². The van der Waals surface area contributed by atoms with Gasteiger partial charge in [0.2, 0.25) is 0 Å². The largest absolute Gasteiger partial charge is 0.465 e. The van der Waals surface area contributed by atoms with Gasteiger partial charge in [0.05, 0.1) is 35.7 Å². The van der Waals surface area contributed by atoms with Gasteiger partial charge in [-0.1, -0.05) is 73.1 Å². The third-order valence-electron chi connectivity index (χ3n) is 3.67. The Morgan fingerprint density at radius 3 is 1.75 bits per heavy atom. The molecule has 0 saturated carbocycles. The quantitative estimate of drug-likeness (QED) is 0.240. The maximum absolute atomic E-state index is 12.2. The van der Waals surface area contributed by atoms with Gasteiger partial charge in [0.25, 0.3) is 0 Å². The predicted molar refractivity (Wildman–Crippen MR) is 153 cm³/mol. The molecule has 0 atom stereocenters. The van der Waals surface area contributed by atoms with Crippen LogP contribution < -0.4 is 8.38 Å². The van der Waals surface area contributed by atoms with Gasteiger partial charge in [-0.15, -0.1) is 46.2 Å². The van der Waals surface area contributed by atoms with Crippen molar-refractivity contribution in [3.63, 3.8) is 0 Å². The third kappa shape index (κ3) is 6.39. The highest BCUT2D eigenvalue weighted by Gasteiger charge is 2.33. The van der Waals surface area contributed by atoms with Gasteiger partial charge in [0, 0.05) is 0 Å². The van der Waals surface area contributed by atoms with Crippen molar-refractivity contribution in [2.24, 2.45) is 0 Å². The second kappa shape index (κ2) is 13.0. The molecule has 174 valence electrons. The number of hydrogen-bond acceptors (Lipinski definition) is 13. The molecular weight excluding hydrogens is 581 g/mol. The van der Waals surface area contributed by atoms with E-state index in [0.29, 0.717) is 0 Å². The van der Waals surface area contributed by atoms with E-state index < -0.39 is 11.9 Å². The molecule has 0 fully saturated rings. The first-order chi connectivity index (χ1) is 15.4. The van der Waals surface area contributed by atoms with Crippen molar-refractivity contribution in [1.29, 1.82) is 0 Å². The molecule has 3 heterocycles. The summed E-state index contributed by atoms with van der Waals surface area (Å²) < 4.78 is 17.5. The van der Waals surface area contributed by atoms with Crippen LogP contribution in [0.2, 0.25) is 0 Å². The van der Waals surface area contributed by atoms with Gasteiger partial charge >= 0.3 is 11.9 Å². The number of ether oxygens (including phenoxy) is 2. The maximum Gasteiger partial charge on any atom is 0.346 e. The molecule has 0 aliphatic carbocycles. The van der Waals surface area contributed by atoms with Gasteiger partial charge < -0.3 is 9.47 Å². The average Bonchev–Trinajstić information content (AvgIpc) is 3.51. The summed E-state index contributed by atoms with van der Waals surface area (Å²) >= 11 is 18.9. The number of methoxy groups -OCH3 is 2. The molecule has 13 heteroatoms. The normalized spacial score (nSPS) is 16.4. The van der Waals surface area contributed by atoms with E-state index in [1.165, 1.54) is 61.8 Å². The molecular formula is C19H20O4S9. The summed E-state index contributed by atoms with van der Waals surface area (Å²) in [4.78, 5) is 24.9. The highest BCUT2D eigenvalue weighted by molar-refractivity contribution is 8.45. The lowest BCUT2D eigenvalue weighted by Gasteiger charge is -2.02. The van der Waals surface area contributed by atoms with Gasteiger partial charge in [-0.25, -0.2) is 9.59 Å². The fourth-order valence-electron chi connectivity index (χ4n) is 2.26. The van der Waals surface area contributed by atoms with Crippen molar-refractivity contribution in [1.82, 2.24) is 0 Å². The zero-order valence-corrected chi connectivity index (χ0v) is 25.0. The molecule has 0 bridgehead atoms. The number of hydrogen-bond donors (Lipinski definition) is 0. The van der Waals surface area contributed by atoms with Crippen molar-refractivity contribution in [2.75, 3.05) is 25.7 Å². The van der Waals surface area contributed by atoms with Crippen molar-refractivity contribution in [2.45, 2.75) is 26.7 Å². The van der Waals surface area contributed by atoms with Crippen LogP contribution in [0.4, 0.5) is 0 Å². The lowest BCUT2D eigenvalue weighted by Crippen LogP contribution is -2.08. The lowest BCUT2D eigenvalue weighted by molar-refractivity contribution is -0.138. The highest BCUT2D eigenvalue weighted by atomic mass is 32.3. The number of carbonyl (C=O) groups excluding carboxylic acids is 2. The average molecular weight is 601 g/mol. The van der Waals surface area contributed by atoms with E-state index in [9.17, 15) is 9.59 Å². The minimum absolute atomic E-state index is 0.267. The third-order valence-corrected chi connectivity index (χ3v) is 15.9. The molecule has 3 rings (SSSR count). The Hall–Kier alpha value is 0.530. The van der Waals surface area contributed by atoms with Gasteiger partial charge in [-0.3, -0.25) is 0 Å². The topological polar surface area (TPSA) is 52.6 Å². The highest BCUT2D eigenvalue weighted by Crippen LogP contribution is 2.58. The van der Waals surface area contributed by atoms with Gasteiger partial charge in [0.15, 0.2) is 0 Å². The molecule has 0 N–H and O–H groups in total. The summed E-state index contributed by atoms with van der Waals surface area (Å²) in [6.07, 6.45) is 2.28. The van der Waals surface area contributed by atoms with Crippen LogP contribution in [0, 0.1) is 3.82 Å². The Balaban J connectivity index is 1.97. The fourth-order valence-corrected chi connectivity index (χ4v) is 14.2.